The molecule has 0 aromatic rings. The molecule has 0 rings (SSSR count). The van der Waals surface area contributed by atoms with Crippen LogP contribution in [-0.2, 0) is 9.59 Å². The van der Waals surface area contributed by atoms with Crippen molar-refractivity contribution in [3.8, 4) is 0 Å². The van der Waals surface area contributed by atoms with Gasteiger partial charge in [0.05, 0.1) is 6.42 Å². The van der Waals surface area contributed by atoms with Gasteiger partial charge in [-0.05, 0) is 0 Å². The molecule has 3 amide bonds. The number of amides is 3. The number of aliphatic carboxylic acids is 1. The lowest BCUT2D eigenvalue weighted by Gasteiger charge is -2.07. The topological polar surface area (TPSA) is 95.5 Å². The van der Waals surface area contributed by atoms with Gasteiger partial charge in [0.15, 0.2) is 0 Å². The molecule has 0 aliphatic rings. The van der Waals surface area contributed by atoms with Gasteiger partial charge >= 0.3 is 12.0 Å². The quantitative estimate of drug-likeness (QED) is 0.633. The summed E-state index contributed by atoms with van der Waals surface area (Å²) in [6.07, 6.45) is 0.268. The van der Waals surface area contributed by atoms with Gasteiger partial charge in [0.25, 0.3) is 0 Å². The molecule has 0 fully saturated rings. The van der Waals surface area contributed by atoms with Crippen molar-refractivity contribution in [1.82, 2.24) is 10.6 Å². The SMILES string of the molecule is CNC(=O)NC(=O)CCSC(C)CC(=O)O. The largest absolute Gasteiger partial charge is 0.481 e. The fourth-order valence-corrected chi connectivity index (χ4v) is 1.88. The molecule has 0 aliphatic carbocycles. The third-order valence-corrected chi connectivity index (χ3v) is 2.85. The molecule has 0 aliphatic heterocycles. The molecule has 6 nitrogen and oxygen atoms in total. The van der Waals surface area contributed by atoms with E-state index in [1.807, 2.05) is 0 Å². The molecule has 0 bridgehead atoms. The number of urea groups is 1. The lowest BCUT2D eigenvalue weighted by atomic mass is 10.3. The second kappa shape index (κ2) is 7.98. The number of carbonyl (C=O) groups is 3. The van der Waals surface area contributed by atoms with Crippen LogP contribution in [0.25, 0.3) is 0 Å². The minimum Gasteiger partial charge on any atom is -0.481 e. The second-order valence-electron chi connectivity index (χ2n) is 3.16. The molecular weight excluding hydrogens is 232 g/mol. The van der Waals surface area contributed by atoms with Gasteiger partial charge in [-0.1, -0.05) is 6.92 Å². The maximum Gasteiger partial charge on any atom is 0.321 e. The first-order valence-corrected chi connectivity index (χ1v) is 5.85. The fraction of sp³-hybridized carbons (Fsp3) is 0.667. The van der Waals surface area contributed by atoms with Crippen LogP contribution >= 0.6 is 11.8 Å². The Morgan fingerprint density at radius 1 is 1.38 bits per heavy atom. The van der Waals surface area contributed by atoms with Crippen LogP contribution in [0.15, 0.2) is 0 Å². The van der Waals surface area contributed by atoms with Gasteiger partial charge in [-0.3, -0.25) is 14.9 Å². The molecule has 3 N–H and O–H groups in total. The van der Waals surface area contributed by atoms with Crippen LogP contribution in [0, 0.1) is 0 Å². The highest BCUT2D eigenvalue weighted by molar-refractivity contribution is 7.99. The average Bonchev–Trinajstić information content (AvgIpc) is 2.16. The Labute approximate surface area is 98.2 Å². The predicted molar refractivity (Wildman–Crippen MR) is 61.4 cm³/mol. The number of nitrogens with one attached hydrogen (secondary N) is 2. The molecular formula is C9H16N2O4S. The van der Waals surface area contributed by atoms with E-state index in [0.717, 1.165) is 0 Å². The van der Waals surface area contributed by atoms with Crippen molar-refractivity contribution in [2.75, 3.05) is 12.8 Å². The minimum atomic E-state index is -0.852. The Morgan fingerprint density at radius 3 is 2.50 bits per heavy atom. The van der Waals surface area contributed by atoms with Crippen LogP contribution in [0.1, 0.15) is 19.8 Å². The number of rotatable bonds is 6. The van der Waals surface area contributed by atoms with Crippen LogP contribution in [0.4, 0.5) is 4.79 Å². The van der Waals surface area contributed by atoms with Crippen molar-refractivity contribution in [2.45, 2.75) is 25.0 Å². The van der Waals surface area contributed by atoms with E-state index in [4.69, 9.17) is 5.11 Å². The summed E-state index contributed by atoms with van der Waals surface area (Å²) in [6, 6.07) is -0.534. The third-order valence-electron chi connectivity index (χ3n) is 1.67. The molecule has 0 saturated carbocycles. The van der Waals surface area contributed by atoms with E-state index in [-0.39, 0.29) is 24.0 Å². The first-order valence-electron chi connectivity index (χ1n) is 4.80. The average molecular weight is 248 g/mol. The molecule has 0 saturated heterocycles. The van der Waals surface area contributed by atoms with Gasteiger partial charge in [0, 0.05) is 24.5 Å². The van der Waals surface area contributed by atoms with Gasteiger partial charge in [-0.2, -0.15) is 11.8 Å². The number of thioether (sulfide) groups is 1. The number of carboxylic acid groups (broad SMARTS) is 1. The van der Waals surface area contributed by atoms with E-state index in [9.17, 15) is 14.4 Å². The number of imide groups is 1. The van der Waals surface area contributed by atoms with Crippen LogP contribution in [0.2, 0.25) is 0 Å². The van der Waals surface area contributed by atoms with E-state index in [2.05, 4.69) is 10.6 Å². The lowest BCUT2D eigenvalue weighted by molar-refractivity contribution is -0.136. The Morgan fingerprint density at radius 2 is 2.00 bits per heavy atom. The molecule has 92 valence electrons. The smallest absolute Gasteiger partial charge is 0.321 e. The Kier molecular flexibility index (Phi) is 7.36. The minimum absolute atomic E-state index is 0.0368. The number of carbonyl (C=O) groups excluding carboxylic acids is 2. The van der Waals surface area contributed by atoms with Crippen molar-refractivity contribution in [1.29, 1.82) is 0 Å². The zero-order chi connectivity index (χ0) is 12.6. The monoisotopic (exact) mass is 248 g/mol. The van der Waals surface area contributed by atoms with Crippen molar-refractivity contribution < 1.29 is 19.5 Å². The van der Waals surface area contributed by atoms with Crippen LogP contribution < -0.4 is 10.6 Å². The van der Waals surface area contributed by atoms with E-state index in [1.165, 1.54) is 18.8 Å². The third kappa shape index (κ3) is 8.10. The van der Waals surface area contributed by atoms with Crippen LogP contribution in [0.5, 0.6) is 0 Å². The predicted octanol–water partition coefficient (Wildman–Crippen LogP) is 0.428. The molecule has 0 heterocycles. The molecule has 0 aromatic heterocycles. The van der Waals surface area contributed by atoms with Crippen molar-refractivity contribution >= 4 is 29.7 Å². The standard InChI is InChI=1S/C9H16N2O4S/c1-6(5-8(13)14)16-4-3-7(12)11-9(15)10-2/h6H,3-5H2,1-2H3,(H,13,14)(H2,10,11,12,15). The maximum atomic E-state index is 11.1. The van der Waals surface area contributed by atoms with Gasteiger partial charge in [0.1, 0.15) is 0 Å². The molecule has 0 spiro atoms. The normalized spacial score (nSPS) is 11.6. The van der Waals surface area contributed by atoms with Crippen molar-refractivity contribution in [3.05, 3.63) is 0 Å². The summed E-state index contributed by atoms with van der Waals surface area (Å²) in [5.74, 6) is -0.721. The first kappa shape index (κ1) is 14.8. The van der Waals surface area contributed by atoms with E-state index >= 15 is 0 Å². The van der Waals surface area contributed by atoms with Crippen molar-refractivity contribution in [2.24, 2.45) is 0 Å². The summed E-state index contributed by atoms with van der Waals surface area (Å²) >= 11 is 1.39. The maximum absolute atomic E-state index is 11.1. The summed E-state index contributed by atoms with van der Waals surface area (Å²) in [7, 11) is 1.42. The highest BCUT2D eigenvalue weighted by Crippen LogP contribution is 2.14. The Bertz CT molecular complexity index is 270. The van der Waals surface area contributed by atoms with Gasteiger partial charge in [-0.25, -0.2) is 4.79 Å². The zero-order valence-electron chi connectivity index (χ0n) is 9.28. The molecule has 1 atom stereocenters. The van der Waals surface area contributed by atoms with Gasteiger partial charge in [-0.15, -0.1) is 0 Å². The number of hydrogen-bond donors (Lipinski definition) is 3. The van der Waals surface area contributed by atoms with E-state index in [1.54, 1.807) is 6.92 Å². The van der Waals surface area contributed by atoms with Gasteiger partial charge in [0.2, 0.25) is 5.91 Å². The second-order valence-corrected chi connectivity index (χ2v) is 4.70. The highest BCUT2D eigenvalue weighted by atomic mass is 32.2. The lowest BCUT2D eigenvalue weighted by Crippen LogP contribution is -2.37. The summed E-state index contributed by atoms with van der Waals surface area (Å²) in [6.45, 7) is 1.79. The Hall–Kier alpha value is -1.24. The van der Waals surface area contributed by atoms with Crippen LogP contribution in [0.3, 0.4) is 0 Å². The molecule has 16 heavy (non-hydrogen) atoms. The molecule has 1 unspecified atom stereocenters. The van der Waals surface area contributed by atoms with Crippen LogP contribution in [-0.4, -0.2) is 41.1 Å². The highest BCUT2D eigenvalue weighted by Gasteiger charge is 2.10. The summed E-state index contributed by atoms with van der Waals surface area (Å²) in [5.41, 5.74) is 0. The summed E-state index contributed by atoms with van der Waals surface area (Å²) in [4.78, 5) is 32.2. The summed E-state index contributed by atoms with van der Waals surface area (Å²) in [5, 5.41) is 12.9. The van der Waals surface area contributed by atoms with Gasteiger partial charge < -0.3 is 10.4 Å². The first-order chi connectivity index (χ1) is 7.45. The fourth-order valence-electron chi connectivity index (χ4n) is 0.909. The number of carboxylic acids is 1. The van der Waals surface area contributed by atoms with E-state index in [0.29, 0.717) is 5.75 Å². The molecule has 7 heteroatoms. The molecule has 0 aromatic carbocycles. The summed E-state index contributed by atoms with van der Waals surface area (Å²) < 4.78 is 0. The number of hydrogen-bond acceptors (Lipinski definition) is 4. The van der Waals surface area contributed by atoms with E-state index < -0.39 is 12.0 Å². The molecule has 0 radical (unpaired) electrons. The zero-order valence-corrected chi connectivity index (χ0v) is 10.1. The Balaban J connectivity index is 3.61. The van der Waals surface area contributed by atoms with Crippen molar-refractivity contribution in [3.63, 3.8) is 0 Å².